The van der Waals surface area contributed by atoms with Crippen LogP contribution in [0.5, 0.6) is 0 Å². The molecule has 0 spiro atoms. The molecule has 1 heterocycles. The monoisotopic (exact) mass is 442 g/mol. The summed E-state index contributed by atoms with van der Waals surface area (Å²) in [5, 5.41) is 2.96. The van der Waals surface area contributed by atoms with Crippen LogP contribution in [0.15, 0.2) is 65.6 Å². The number of amides is 2. The number of hydrogen-bond donors (Lipinski definition) is 1. The Morgan fingerprint density at radius 2 is 1.68 bits per heavy atom. The van der Waals surface area contributed by atoms with Crippen molar-refractivity contribution in [1.82, 2.24) is 10.2 Å². The molecule has 2 amide bonds. The van der Waals surface area contributed by atoms with E-state index in [1.54, 1.807) is 16.7 Å². The van der Waals surface area contributed by atoms with Gasteiger partial charge in [0.15, 0.2) is 0 Å². The molecule has 2 atom stereocenters. The van der Waals surface area contributed by atoms with E-state index in [9.17, 15) is 9.59 Å². The van der Waals surface area contributed by atoms with Crippen molar-refractivity contribution in [3.63, 3.8) is 0 Å². The van der Waals surface area contributed by atoms with Crippen LogP contribution < -0.4 is 5.32 Å². The Morgan fingerprint density at radius 1 is 1.03 bits per heavy atom. The average Bonchev–Trinajstić information content (AvgIpc) is 3.13. The molecule has 1 saturated heterocycles. The summed E-state index contributed by atoms with van der Waals surface area (Å²) in [4.78, 5) is 27.8. The quantitative estimate of drug-likeness (QED) is 0.642. The Morgan fingerprint density at radius 3 is 2.32 bits per heavy atom. The first kappa shape index (κ1) is 23.0. The molecule has 2 aromatic rings. The number of benzene rings is 2. The van der Waals surface area contributed by atoms with Gasteiger partial charge in [0.2, 0.25) is 0 Å². The standard InChI is InChI=1S/C24H30N2O4S/c1-24(2,3)30-22(27)25-21-15-26(23(28)29-16-18-10-6-4-7-11-18)14-19(21)17-31-20-12-8-5-9-13-20/h4-13,19,21H,14-17H2,1-3H3,(H,25,27). The summed E-state index contributed by atoms with van der Waals surface area (Å²) in [5.74, 6) is 0.856. The Labute approximate surface area is 188 Å². The molecule has 166 valence electrons. The normalized spacial score (nSPS) is 18.5. The molecule has 1 N–H and O–H groups in total. The van der Waals surface area contributed by atoms with Crippen molar-refractivity contribution in [3.8, 4) is 0 Å². The number of hydrogen-bond acceptors (Lipinski definition) is 5. The third-order valence-electron chi connectivity index (χ3n) is 4.81. The molecule has 0 aliphatic carbocycles. The summed E-state index contributed by atoms with van der Waals surface area (Å²) in [6.45, 7) is 6.64. The van der Waals surface area contributed by atoms with E-state index in [4.69, 9.17) is 9.47 Å². The van der Waals surface area contributed by atoms with Crippen LogP contribution in [0.1, 0.15) is 26.3 Å². The van der Waals surface area contributed by atoms with E-state index in [0.717, 1.165) is 16.2 Å². The van der Waals surface area contributed by atoms with Gasteiger partial charge in [-0.25, -0.2) is 9.59 Å². The summed E-state index contributed by atoms with van der Waals surface area (Å²) in [7, 11) is 0. The van der Waals surface area contributed by atoms with Crippen LogP contribution in [0, 0.1) is 5.92 Å². The average molecular weight is 443 g/mol. The Bertz CT molecular complexity index is 855. The largest absolute Gasteiger partial charge is 0.445 e. The van der Waals surface area contributed by atoms with E-state index in [0.29, 0.717) is 13.1 Å². The third-order valence-corrected chi connectivity index (χ3v) is 6.01. The zero-order valence-electron chi connectivity index (χ0n) is 18.2. The van der Waals surface area contributed by atoms with E-state index >= 15 is 0 Å². The number of nitrogens with zero attached hydrogens (tertiary/aromatic N) is 1. The molecular formula is C24H30N2O4S. The zero-order valence-corrected chi connectivity index (χ0v) is 19.1. The lowest BCUT2D eigenvalue weighted by molar-refractivity contribution is 0.0495. The summed E-state index contributed by atoms with van der Waals surface area (Å²) >= 11 is 1.71. The lowest BCUT2D eigenvalue weighted by atomic mass is 10.1. The van der Waals surface area contributed by atoms with Gasteiger partial charge in [-0.3, -0.25) is 0 Å². The van der Waals surface area contributed by atoms with Gasteiger partial charge < -0.3 is 19.7 Å². The molecule has 0 bridgehead atoms. The highest BCUT2D eigenvalue weighted by molar-refractivity contribution is 7.99. The smallest absolute Gasteiger partial charge is 0.410 e. The molecular weight excluding hydrogens is 412 g/mol. The van der Waals surface area contributed by atoms with Crippen LogP contribution in [-0.4, -0.2) is 47.6 Å². The molecule has 1 aliphatic heterocycles. The van der Waals surface area contributed by atoms with Crippen molar-refractivity contribution in [2.24, 2.45) is 5.92 Å². The second kappa shape index (κ2) is 10.6. The van der Waals surface area contributed by atoms with E-state index in [2.05, 4.69) is 17.4 Å². The molecule has 7 heteroatoms. The van der Waals surface area contributed by atoms with Gasteiger partial charge in [-0.1, -0.05) is 48.5 Å². The lowest BCUT2D eigenvalue weighted by Crippen LogP contribution is -2.44. The van der Waals surface area contributed by atoms with E-state index in [-0.39, 0.29) is 24.7 Å². The number of ether oxygens (including phenoxy) is 2. The topological polar surface area (TPSA) is 67.9 Å². The number of carbonyl (C=O) groups excluding carboxylic acids is 2. The lowest BCUT2D eigenvalue weighted by Gasteiger charge is -2.24. The second-order valence-corrected chi connectivity index (χ2v) is 9.68. The number of nitrogens with one attached hydrogen (secondary N) is 1. The van der Waals surface area contributed by atoms with Crippen molar-refractivity contribution >= 4 is 23.9 Å². The van der Waals surface area contributed by atoms with Gasteiger partial charge >= 0.3 is 12.2 Å². The maximum Gasteiger partial charge on any atom is 0.410 e. The van der Waals surface area contributed by atoms with Gasteiger partial charge in [-0.15, -0.1) is 11.8 Å². The molecule has 0 aromatic heterocycles. The number of thioether (sulfide) groups is 1. The fourth-order valence-electron chi connectivity index (χ4n) is 3.34. The minimum absolute atomic E-state index is 0.0852. The van der Waals surface area contributed by atoms with Gasteiger partial charge in [0, 0.05) is 29.7 Å². The van der Waals surface area contributed by atoms with Crippen LogP contribution in [-0.2, 0) is 16.1 Å². The number of carbonyl (C=O) groups is 2. The van der Waals surface area contributed by atoms with Crippen LogP contribution in [0.25, 0.3) is 0 Å². The Balaban J connectivity index is 1.60. The number of likely N-dealkylation sites (tertiary alicyclic amines) is 1. The predicted molar refractivity (Wildman–Crippen MR) is 122 cm³/mol. The first-order chi connectivity index (χ1) is 14.8. The number of rotatable bonds is 6. The van der Waals surface area contributed by atoms with Crippen LogP contribution in [0.2, 0.25) is 0 Å². The summed E-state index contributed by atoms with van der Waals surface area (Å²) < 4.78 is 10.9. The van der Waals surface area contributed by atoms with Gasteiger partial charge in [-0.2, -0.15) is 0 Å². The molecule has 3 rings (SSSR count). The summed E-state index contributed by atoms with van der Waals surface area (Å²) in [5.41, 5.74) is 0.361. The van der Waals surface area contributed by atoms with Crippen LogP contribution in [0.4, 0.5) is 9.59 Å². The molecule has 6 nitrogen and oxygen atoms in total. The Hall–Kier alpha value is -2.67. The first-order valence-electron chi connectivity index (χ1n) is 10.4. The summed E-state index contributed by atoms with van der Waals surface area (Å²) in [6.07, 6.45) is -0.834. The van der Waals surface area contributed by atoms with Gasteiger partial charge in [-0.05, 0) is 38.5 Å². The molecule has 1 fully saturated rings. The Kier molecular flexibility index (Phi) is 7.85. The molecule has 1 aliphatic rings. The predicted octanol–water partition coefficient (Wildman–Crippen LogP) is 4.94. The fraction of sp³-hybridized carbons (Fsp3) is 0.417. The molecule has 0 saturated carbocycles. The van der Waals surface area contributed by atoms with Gasteiger partial charge in [0.05, 0.1) is 6.04 Å². The highest BCUT2D eigenvalue weighted by Crippen LogP contribution is 2.27. The molecule has 31 heavy (non-hydrogen) atoms. The molecule has 2 aromatic carbocycles. The first-order valence-corrected chi connectivity index (χ1v) is 11.4. The minimum Gasteiger partial charge on any atom is -0.445 e. The van der Waals surface area contributed by atoms with Crippen LogP contribution >= 0.6 is 11.8 Å². The van der Waals surface area contributed by atoms with Crippen molar-refractivity contribution in [2.75, 3.05) is 18.8 Å². The number of alkyl carbamates (subject to hydrolysis) is 1. The molecule has 2 unspecified atom stereocenters. The highest BCUT2D eigenvalue weighted by Gasteiger charge is 2.37. The van der Waals surface area contributed by atoms with Crippen molar-refractivity contribution in [2.45, 2.75) is 43.9 Å². The minimum atomic E-state index is -0.578. The zero-order chi connectivity index (χ0) is 22.3. The SMILES string of the molecule is CC(C)(C)OC(=O)NC1CN(C(=O)OCc2ccccc2)CC1CSc1ccccc1. The second-order valence-electron chi connectivity index (χ2n) is 8.58. The van der Waals surface area contributed by atoms with Crippen LogP contribution in [0.3, 0.4) is 0 Å². The maximum atomic E-state index is 12.7. The van der Waals surface area contributed by atoms with Gasteiger partial charge in [0.1, 0.15) is 12.2 Å². The van der Waals surface area contributed by atoms with E-state index < -0.39 is 11.7 Å². The fourth-order valence-corrected chi connectivity index (χ4v) is 4.44. The van der Waals surface area contributed by atoms with Crippen molar-refractivity contribution in [3.05, 3.63) is 66.2 Å². The summed E-state index contributed by atoms with van der Waals surface area (Å²) in [6, 6.07) is 19.5. The molecule has 0 radical (unpaired) electrons. The van der Waals surface area contributed by atoms with Crippen molar-refractivity contribution in [1.29, 1.82) is 0 Å². The third kappa shape index (κ3) is 7.51. The maximum absolute atomic E-state index is 12.7. The van der Waals surface area contributed by atoms with Crippen molar-refractivity contribution < 1.29 is 19.1 Å². The van der Waals surface area contributed by atoms with Gasteiger partial charge in [0.25, 0.3) is 0 Å². The van der Waals surface area contributed by atoms with E-state index in [1.807, 2.05) is 69.3 Å². The highest BCUT2D eigenvalue weighted by atomic mass is 32.2. The van der Waals surface area contributed by atoms with E-state index in [1.165, 1.54) is 0 Å².